The number of benzene rings is 1. The Morgan fingerprint density at radius 3 is 2.24 bits per heavy atom. The molecule has 2 aromatic rings. The van der Waals surface area contributed by atoms with E-state index in [4.69, 9.17) is 9.72 Å². The minimum atomic E-state index is 0.244. The summed E-state index contributed by atoms with van der Waals surface area (Å²) in [6.45, 7) is 18.4. The molecule has 2 fully saturated rings. The van der Waals surface area contributed by atoms with Crippen LogP contribution in [0.15, 0.2) is 23.6 Å². The summed E-state index contributed by atoms with van der Waals surface area (Å²) in [6, 6.07) is 7.15. The molecule has 1 aliphatic carbocycles. The van der Waals surface area contributed by atoms with Gasteiger partial charge in [0.25, 0.3) is 0 Å². The van der Waals surface area contributed by atoms with Gasteiger partial charge in [0, 0.05) is 43.0 Å². The van der Waals surface area contributed by atoms with E-state index in [1.807, 2.05) is 11.3 Å². The summed E-state index contributed by atoms with van der Waals surface area (Å²) < 4.78 is 5.47. The third-order valence-corrected chi connectivity index (χ3v) is 9.45. The molecule has 5 heteroatoms. The van der Waals surface area contributed by atoms with Crippen LogP contribution in [0.4, 0.5) is 0 Å². The Morgan fingerprint density at radius 1 is 0.909 bits per heavy atom. The largest absolute Gasteiger partial charge is 0.379 e. The zero-order valence-electron chi connectivity index (χ0n) is 21.0. The predicted molar refractivity (Wildman–Crippen MR) is 139 cm³/mol. The zero-order valence-corrected chi connectivity index (χ0v) is 21.8. The molecule has 2 saturated heterocycles. The SMILES string of the molecule is CC1(C)CCC(C)(C)c2cc(-c3csc(C4CCN(CCN5CCOCC5)CC4)n3)ccc21. The number of likely N-dealkylation sites (tertiary alicyclic amines) is 1. The molecule has 0 unspecified atom stereocenters. The summed E-state index contributed by atoms with van der Waals surface area (Å²) in [5.74, 6) is 0.622. The number of aromatic nitrogens is 1. The highest BCUT2D eigenvalue weighted by molar-refractivity contribution is 7.10. The Labute approximate surface area is 204 Å². The molecule has 3 heterocycles. The van der Waals surface area contributed by atoms with Crippen molar-refractivity contribution >= 4 is 11.3 Å². The highest BCUT2D eigenvalue weighted by atomic mass is 32.1. The summed E-state index contributed by atoms with van der Waals surface area (Å²) in [4.78, 5) is 10.4. The van der Waals surface area contributed by atoms with E-state index in [1.54, 1.807) is 0 Å². The van der Waals surface area contributed by atoms with Crippen LogP contribution < -0.4 is 0 Å². The maximum absolute atomic E-state index is 5.47. The molecule has 1 aromatic carbocycles. The van der Waals surface area contributed by atoms with Crippen molar-refractivity contribution in [3.8, 4) is 11.3 Å². The minimum Gasteiger partial charge on any atom is -0.379 e. The van der Waals surface area contributed by atoms with Crippen LogP contribution in [0.2, 0.25) is 0 Å². The maximum atomic E-state index is 5.47. The topological polar surface area (TPSA) is 28.6 Å². The molecule has 2 aliphatic heterocycles. The summed E-state index contributed by atoms with van der Waals surface area (Å²) in [5, 5.41) is 3.64. The number of hydrogen-bond acceptors (Lipinski definition) is 5. The van der Waals surface area contributed by atoms with Gasteiger partial charge in [-0.25, -0.2) is 4.98 Å². The fourth-order valence-electron chi connectivity index (χ4n) is 5.87. The monoisotopic (exact) mass is 467 g/mol. The van der Waals surface area contributed by atoms with Crippen LogP contribution in [-0.2, 0) is 15.6 Å². The quantitative estimate of drug-likeness (QED) is 0.566. The number of thiazole rings is 1. The zero-order chi connectivity index (χ0) is 23.1. The second-order valence-corrected chi connectivity index (χ2v) is 12.6. The first kappa shape index (κ1) is 23.5. The molecule has 0 spiro atoms. The fraction of sp³-hybridized carbons (Fsp3) is 0.679. The highest BCUT2D eigenvalue weighted by Gasteiger charge is 2.37. The lowest BCUT2D eigenvalue weighted by molar-refractivity contribution is 0.0321. The molecule has 4 nitrogen and oxygen atoms in total. The fourth-order valence-corrected chi connectivity index (χ4v) is 6.87. The average Bonchev–Trinajstić information content (AvgIpc) is 3.32. The van der Waals surface area contributed by atoms with E-state index in [9.17, 15) is 0 Å². The van der Waals surface area contributed by atoms with E-state index < -0.39 is 0 Å². The van der Waals surface area contributed by atoms with Gasteiger partial charge < -0.3 is 9.64 Å². The summed E-state index contributed by atoms with van der Waals surface area (Å²) >= 11 is 1.87. The molecule has 33 heavy (non-hydrogen) atoms. The molecule has 0 N–H and O–H groups in total. The van der Waals surface area contributed by atoms with Crippen molar-refractivity contribution in [1.29, 1.82) is 0 Å². The van der Waals surface area contributed by atoms with Gasteiger partial charge in [-0.15, -0.1) is 11.3 Å². The Bertz CT molecular complexity index is 952. The van der Waals surface area contributed by atoms with Crippen molar-refractivity contribution in [1.82, 2.24) is 14.8 Å². The van der Waals surface area contributed by atoms with Crippen LogP contribution in [0.3, 0.4) is 0 Å². The van der Waals surface area contributed by atoms with Gasteiger partial charge in [0.1, 0.15) is 0 Å². The van der Waals surface area contributed by atoms with E-state index >= 15 is 0 Å². The van der Waals surface area contributed by atoms with Crippen molar-refractivity contribution in [3.05, 3.63) is 39.7 Å². The first-order chi connectivity index (χ1) is 15.8. The smallest absolute Gasteiger partial charge is 0.0964 e. The molecule has 0 radical (unpaired) electrons. The Hall–Kier alpha value is -1.27. The van der Waals surface area contributed by atoms with Crippen LogP contribution in [0, 0.1) is 0 Å². The highest BCUT2D eigenvalue weighted by Crippen LogP contribution is 2.47. The first-order valence-corrected chi connectivity index (χ1v) is 13.8. The van der Waals surface area contributed by atoms with Gasteiger partial charge in [0.2, 0.25) is 0 Å². The van der Waals surface area contributed by atoms with Crippen LogP contribution in [-0.4, -0.2) is 67.3 Å². The van der Waals surface area contributed by atoms with E-state index in [2.05, 4.69) is 61.1 Å². The second kappa shape index (κ2) is 9.41. The van der Waals surface area contributed by atoms with Gasteiger partial charge in [0.15, 0.2) is 0 Å². The summed E-state index contributed by atoms with van der Waals surface area (Å²) in [7, 11) is 0. The van der Waals surface area contributed by atoms with Crippen LogP contribution in [0.1, 0.15) is 75.4 Å². The number of piperidine rings is 1. The van der Waals surface area contributed by atoms with Gasteiger partial charge in [-0.05, 0) is 66.8 Å². The normalized spacial score (nSPS) is 24.0. The third-order valence-electron chi connectivity index (χ3n) is 8.44. The molecule has 0 amide bonds. The van der Waals surface area contributed by atoms with Crippen molar-refractivity contribution in [2.45, 2.75) is 70.1 Å². The lowest BCUT2D eigenvalue weighted by atomic mass is 9.63. The average molecular weight is 468 g/mol. The summed E-state index contributed by atoms with van der Waals surface area (Å²) in [6.07, 6.45) is 4.99. The maximum Gasteiger partial charge on any atom is 0.0964 e. The molecule has 0 saturated carbocycles. The molecule has 0 atom stereocenters. The standard InChI is InChI=1S/C28H41N3OS/c1-27(2)9-10-28(3,4)24-19-22(5-6-23(24)27)25-20-33-26(29-25)21-7-11-30(12-8-21)13-14-31-15-17-32-18-16-31/h5-6,19-21H,7-18H2,1-4H3. The Balaban J connectivity index is 1.22. The molecule has 5 rings (SSSR count). The number of ether oxygens (including phenoxy) is 1. The Kier molecular flexibility index (Phi) is 6.69. The first-order valence-electron chi connectivity index (χ1n) is 13.0. The van der Waals surface area contributed by atoms with E-state index in [1.165, 1.54) is 79.3 Å². The second-order valence-electron chi connectivity index (χ2n) is 11.7. The van der Waals surface area contributed by atoms with Gasteiger partial charge >= 0.3 is 0 Å². The van der Waals surface area contributed by atoms with Gasteiger partial charge in [-0.2, -0.15) is 0 Å². The van der Waals surface area contributed by atoms with Crippen LogP contribution in [0.5, 0.6) is 0 Å². The molecular weight excluding hydrogens is 426 g/mol. The van der Waals surface area contributed by atoms with Crippen molar-refractivity contribution in [3.63, 3.8) is 0 Å². The van der Waals surface area contributed by atoms with Crippen molar-refractivity contribution < 1.29 is 4.74 Å². The Morgan fingerprint density at radius 2 is 1.55 bits per heavy atom. The van der Waals surface area contributed by atoms with E-state index in [0.717, 1.165) is 26.3 Å². The molecule has 180 valence electrons. The van der Waals surface area contributed by atoms with Crippen molar-refractivity contribution in [2.75, 3.05) is 52.5 Å². The van der Waals surface area contributed by atoms with Gasteiger partial charge in [0.05, 0.1) is 23.9 Å². The lowest BCUT2D eigenvalue weighted by Crippen LogP contribution is -2.43. The number of fused-ring (bicyclic) bond motifs is 1. The number of hydrogen-bond donors (Lipinski definition) is 0. The molecule has 3 aliphatic rings. The third kappa shape index (κ3) is 5.07. The van der Waals surface area contributed by atoms with Crippen LogP contribution in [0.25, 0.3) is 11.3 Å². The number of rotatable bonds is 5. The minimum absolute atomic E-state index is 0.244. The van der Waals surface area contributed by atoms with E-state index in [0.29, 0.717) is 5.92 Å². The number of morpholine rings is 1. The molecular formula is C28H41N3OS. The van der Waals surface area contributed by atoms with E-state index in [-0.39, 0.29) is 10.8 Å². The van der Waals surface area contributed by atoms with Crippen molar-refractivity contribution in [2.24, 2.45) is 0 Å². The van der Waals surface area contributed by atoms with Crippen LogP contribution >= 0.6 is 11.3 Å². The number of nitrogens with zero attached hydrogens (tertiary/aromatic N) is 3. The molecule has 1 aromatic heterocycles. The lowest BCUT2D eigenvalue weighted by Gasteiger charge is -2.42. The predicted octanol–water partition coefficient (Wildman–Crippen LogP) is 5.67. The summed E-state index contributed by atoms with van der Waals surface area (Å²) in [5.41, 5.74) is 6.04. The van der Waals surface area contributed by atoms with Gasteiger partial charge in [-0.1, -0.05) is 39.8 Å². The van der Waals surface area contributed by atoms with Gasteiger partial charge in [-0.3, -0.25) is 4.90 Å². The molecule has 0 bridgehead atoms.